The lowest BCUT2D eigenvalue weighted by Gasteiger charge is -2.32. The van der Waals surface area contributed by atoms with E-state index in [4.69, 9.17) is 4.98 Å². The molecule has 1 aliphatic heterocycles. The fourth-order valence-corrected chi connectivity index (χ4v) is 3.44. The van der Waals surface area contributed by atoms with Gasteiger partial charge in [-0.1, -0.05) is 12.1 Å². The monoisotopic (exact) mass is 334 g/mol. The molecule has 0 bridgehead atoms. The van der Waals surface area contributed by atoms with Gasteiger partial charge in [-0.15, -0.1) is 0 Å². The largest absolute Gasteiger partial charge is 0.314 e. The zero-order valence-electron chi connectivity index (χ0n) is 14.4. The quantitative estimate of drug-likeness (QED) is 0.688. The molecule has 25 heavy (non-hydrogen) atoms. The summed E-state index contributed by atoms with van der Waals surface area (Å²) in [4.78, 5) is 21.2. The van der Waals surface area contributed by atoms with Crippen LogP contribution in [0.15, 0.2) is 48.7 Å². The summed E-state index contributed by atoms with van der Waals surface area (Å²) in [5.41, 5.74) is 4.44. The Labute approximate surface area is 147 Å². The third-order valence-corrected chi connectivity index (χ3v) is 4.87. The number of carbonyl (C=O) groups is 1. The van der Waals surface area contributed by atoms with E-state index >= 15 is 0 Å². The van der Waals surface area contributed by atoms with Crippen molar-refractivity contribution in [3.63, 3.8) is 0 Å². The average Bonchev–Trinajstić information content (AvgIpc) is 3.02. The van der Waals surface area contributed by atoms with Gasteiger partial charge in [0.2, 0.25) is 0 Å². The highest BCUT2D eigenvalue weighted by molar-refractivity contribution is 5.89. The van der Waals surface area contributed by atoms with Crippen LogP contribution in [0.1, 0.15) is 16.1 Å². The van der Waals surface area contributed by atoms with Gasteiger partial charge >= 0.3 is 0 Å². The van der Waals surface area contributed by atoms with E-state index in [0.717, 1.165) is 61.6 Å². The van der Waals surface area contributed by atoms with Crippen LogP contribution in [0.5, 0.6) is 0 Å². The predicted molar refractivity (Wildman–Crippen MR) is 98.8 cm³/mol. The molecule has 5 nitrogen and oxygen atoms in total. The Hall–Kier alpha value is -2.50. The van der Waals surface area contributed by atoms with Gasteiger partial charge in [0.05, 0.1) is 17.1 Å². The second-order valence-corrected chi connectivity index (χ2v) is 6.66. The van der Waals surface area contributed by atoms with Crippen molar-refractivity contribution in [3.8, 4) is 11.4 Å². The van der Waals surface area contributed by atoms with Gasteiger partial charge in [-0.05, 0) is 37.4 Å². The number of rotatable bonds is 4. The Kier molecular flexibility index (Phi) is 4.34. The predicted octanol–water partition coefficient (Wildman–Crippen LogP) is 2.56. The number of carbonyl (C=O) groups excluding carboxylic acids is 1. The number of aromatic nitrogens is 2. The number of fused-ring (bicyclic) bond motifs is 1. The van der Waals surface area contributed by atoms with Crippen LogP contribution in [0.2, 0.25) is 0 Å². The molecule has 0 aliphatic carbocycles. The molecule has 0 unspecified atom stereocenters. The number of piperazine rings is 1. The first-order valence-electron chi connectivity index (χ1n) is 8.67. The zero-order chi connectivity index (χ0) is 17.2. The van der Waals surface area contributed by atoms with Crippen molar-refractivity contribution < 1.29 is 4.79 Å². The van der Waals surface area contributed by atoms with Gasteiger partial charge in [-0.25, -0.2) is 4.98 Å². The maximum absolute atomic E-state index is 11.5. The molecule has 1 fully saturated rings. The van der Waals surface area contributed by atoms with Crippen molar-refractivity contribution in [3.05, 3.63) is 59.9 Å². The minimum Gasteiger partial charge on any atom is -0.314 e. The summed E-state index contributed by atoms with van der Waals surface area (Å²) in [6.07, 6.45) is 2.89. The SMILES string of the molecule is CN1CCN(Cc2cccc(-c3c(C=O)cc4ccccn34)n2)CC1. The molecule has 0 amide bonds. The molecular formula is C20H22N4O. The topological polar surface area (TPSA) is 40.9 Å². The van der Waals surface area contributed by atoms with Crippen LogP contribution < -0.4 is 0 Å². The molecule has 0 N–H and O–H groups in total. The summed E-state index contributed by atoms with van der Waals surface area (Å²) in [7, 11) is 2.16. The number of likely N-dealkylation sites (N-methyl/N-ethyl adjacent to an activating group) is 1. The number of nitrogens with zero attached hydrogens (tertiary/aromatic N) is 4. The molecule has 0 aromatic carbocycles. The van der Waals surface area contributed by atoms with E-state index in [1.807, 2.05) is 47.0 Å². The van der Waals surface area contributed by atoms with Crippen LogP contribution in [0.3, 0.4) is 0 Å². The van der Waals surface area contributed by atoms with Crippen LogP contribution in [0, 0.1) is 0 Å². The molecule has 3 aromatic heterocycles. The van der Waals surface area contributed by atoms with Gasteiger partial charge < -0.3 is 9.30 Å². The molecular weight excluding hydrogens is 312 g/mol. The molecule has 4 heterocycles. The smallest absolute Gasteiger partial charge is 0.152 e. The van der Waals surface area contributed by atoms with Crippen molar-refractivity contribution in [1.29, 1.82) is 0 Å². The Morgan fingerprint density at radius 1 is 1.08 bits per heavy atom. The molecule has 5 heteroatoms. The van der Waals surface area contributed by atoms with Crippen molar-refractivity contribution in [2.75, 3.05) is 33.2 Å². The molecule has 0 atom stereocenters. The van der Waals surface area contributed by atoms with E-state index in [1.54, 1.807) is 0 Å². The van der Waals surface area contributed by atoms with E-state index in [0.29, 0.717) is 5.56 Å². The molecule has 128 valence electrons. The second-order valence-electron chi connectivity index (χ2n) is 6.66. The first-order valence-corrected chi connectivity index (χ1v) is 8.67. The molecule has 0 saturated carbocycles. The highest BCUT2D eigenvalue weighted by atomic mass is 16.1. The lowest BCUT2D eigenvalue weighted by molar-refractivity contribution is 0.112. The molecule has 1 saturated heterocycles. The van der Waals surface area contributed by atoms with E-state index in [9.17, 15) is 4.79 Å². The van der Waals surface area contributed by atoms with Crippen LogP contribution in [0.25, 0.3) is 16.9 Å². The molecule has 3 aromatic rings. The summed E-state index contributed by atoms with van der Waals surface area (Å²) in [6.45, 7) is 5.17. The molecule has 4 rings (SSSR count). The van der Waals surface area contributed by atoms with Gasteiger partial charge in [0.25, 0.3) is 0 Å². The lowest BCUT2D eigenvalue weighted by Crippen LogP contribution is -2.44. The molecule has 0 radical (unpaired) electrons. The summed E-state index contributed by atoms with van der Waals surface area (Å²) in [6, 6.07) is 13.9. The average molecular weight is 334 g/mol. The maximum atomic E-state index is 11.5. The number of aldehydes is 1. The number of hydrogen-bond acceptors (Lipinski definition) is 4. The number of hydrogen-bond donors (Lipinski definition) is 0. The van der Waals surface area contributed by atoms with Crippen molar-refractivity contribution >= 4 is 11.8 Å². The van der Waals surface area contributed by atoms with Crippen molar-refractivity contribution in [1.82, 2.24) is 19.2 Å². The third kappa shape index (κ3) is 3.21. The van der Waals surface area contributed by atoms with Crippen LogP contribution in [-0.4, -0.2) is 58.7 Å². The highest BCUT2D eigenvalue weighted by Gasteiger charge is 2.16. The second kappa shape index (κ2) is 6.78. The van der Waals surface area contributed by atoms with Gasteiger partial charge in [0, 0.05) is 50.0 Å². The lowest BCUT2D eigenvalue weighted by atomic mass is 10.1. The minimum absolute atomic E-state index is 0.676. The zero-order valence-corrected chi connectivity index (χ0v) is 14.4. The van der Waals surface area contributed by atoms with Gasteiger partial charge in [0.1, 0.15) is 0 Å². The van der Waals surface area contributed by atoms with E-state index in [1.165, 1.54) is 0 Å². The normalized spacial score (nSPS) is 16.4. The highest BCUT2D eigenvalue weighted by Crippen LogP contribution is 2.25. The van der Waals surface area contributed by atoms with Crippen molar-refractivity contribution in [2.45, 2.75) is 6.54 Å². The summed E-state index contributed by atoms with van der Waals surface area (Å²) < 4.78 is 2.03. The van der Waals surface area contributed by atoms with Gasteiger partial charge in [0.15, 0.2) is 6.29 Å². The summed E-state index contributed by atoms with van der Waals surface area (Å²) in [5, 5.41) is 0. The van der Waals surface area contributed by atoms with E-state index in [-0.39, 0.29) is 0 Å². The Bertz CT molecular complexity index is 894. The summed E-state index contributed by atoms with van der Waals surface area (Å²) >= 11 is 0. The fraction of sp³-hybridized carbons (Fsp3) is 0.300. The maximum Gasteiger partial charge on any atom is 0.152 e. The van der Waals surface area contributed by atoms with Crippen molar-refractivity contribution in [2.24, 2.45) is 0 Å². The summed E-state index contributed by atoms with van der Waals surface area (Å²) in [5.74, 6) is 0. The number of pyridine rings is 2. The van der Waals surface area contributed by atoms with E-state index < -0.39 is 0 Å². The minimum atomic E-state index is 0.676. The van der Waals surface area contributed by atoms with Crippen LogP contribution in [-0.2, 0) is 6.54 Å². The molecule has 1 aliphatic rings. The molecule has 0 spiro atoms. The third-order valence-electron chi connectivity index (χ3n) is 4.87. The Morgan fingerprint density at radius 2 is 1.92 bits per heavy atom. The van der Waals surface area contributed by atoms with Gasteiger partial charge in [-0.2, -0.15) is 0 Å². The van der Waals surface area contributed by atoms with E-state index in [2.05, 4.69) is 22.9 Å². The standard InChI is InChI=1S/C20H22N4O/c1-22-9-11-23(12-10-22)14-17-5-4-7-19(21-17)20-16(15-25)13-18-6-2-3-8-24(18)20/h2-8,13,15H,9-12,14H2,1H3. The van der Waals surface area contributed by atoms with Gasteiger partial charge in [-0.3, -0.25) is 9.69 Å². The Morgan fingerprint density at radius 3 is 2.72 bits per heavy atom. The van der Waals surface area contributed by atoms with Crippen LogP contribution >= 0.6 is 0 Å². The Balaban J connectivity index is 1.67. The first kappa shape index (κ1) is 16.0. The first-order chi connectivity index (χ1) is 12.2. The van der Waals surface area contributed by atoms with Crippen LogP contribution in [0.4, 0.5) is 0 Å². The fourth-order valence-electron chi connectivity index (χ4n) is 3.44.